The van der Waals surface area contributed by atoms with Gasteiger partial charge in [-0.05, 0) is 60.1 Å². The molecule has 0 N–H and O–H groups in total. The van der Waals surface area contributed by atoms with E-state index in [-0.39, 0.29) is 11.7 Å². The number of hydrogen-bond donors (Lipinski definition) is 0. The lowest BCUT2D eigenvalue weighted by molar-refractivity contribution is -0.123. The third kappa shape index (κ3) is 3.65. The van der Waals surface area contributed by atoms with Crippen molar-refractivity contribution in [3.05, 3.63) is 71.0 Å². The highest BCUT2D eigenvalue weighted by molar-refractivity contribution is 7.51. The summed E-state index contributed by atoms with van der Waals surface area (Å²) < 4.78 is 5.35. The standard InChI is InChI=1S/C22H25N2O2P/c1-15-12-17(4-6-19(15)26-3)20-13-21(25)24-14-18(5-7-22(24)27-20)16-8-10-23(2)11-9-16/h4-8,12-14,22,27H,9-11H2,1-3H3. The van der Waals surface area contributed by atoms with E-state index >= 15 is 0 Å². The third-order valence-corrected chi connectivity index (χ3v) is 6.86. The van der Waals surface area contributed by atoms with Crippen molar-refractivity contribution < 1.29 is 9.53 Å². The number of carbonyl (C=O) groups excluding carboxylic acids is 1. The Hall–Kier alpha value is -2.16. The molecule has 3 aliphatic heterocycles. The molecule has 0 spiro atoms. The molecule has 0 bridgehead atoms. The van der Waals surface area contributed by atoms with Crippen molar-refractivity contribution >= 4 is 19.8 Å². The van der Waals surface area contributed by atoms with Gasteiger partial charge in [0.15, 0.2) is 0 Å². The van der Waals surface area contributed by atoms with Crippen LogP contribution in [0.2, 0.25) is 0 Å². The number of nitrogens with zero attached hydrogens (tertiary/aromatic N) is 2. The molecule has 27 heavy (non-hydrogen) atoms. The molecule has 0 saturated carbocycles. The fourth-order valence-electron chi connectivity index (χ4n) is 3.71. The summed E-state index contributed by atoms with van der Waals surface area (Å²) in [6, 6.07) is 6.14. The molecule has 1 aromatic carbocycles. The van der Waals surface area contributed by atoms with Crippen LogP contribution in [0, 0.1) is 6.92 Å². The Morgan fingerprint density at radius 1 is 1.30 bits per heavy atom. The molecular formula is C22H25N2O2P. The summed E-state index contributed by atoms with van der Waals surface area (Å²) in [6.45, 7) is 4.07. The van der Waals surface area contributed by atoms with Gasteiger partial charge in [0, 0.05) is 25.4 Å². The molecule has 0 fully saturated rings. The van der Waals surface area contributed by atoms with E-state index in [2.05, 4.69) is 36.2 Å². The lowest BCUT2D eigenvalue weighted by Crippen LogP contribution is -2.35. The van der Waals surface area contributed by atoms with Crippen LogP contribution in [0.4, 0.5) is 0 Å². The average molecular weight is 380 g/mol. The molecule has 0 radical (unpaired) electrons. The van der Waals surface area contributed by atoms with Gasteiger partial charge in [-0.2, -0.15) is 0 Å². The molecule has 140 valence electrons. The number of rotatable bonds is 3. The summed E-state index contributed by atoms with van der Waals surface area (Å²) >= 11 is 0. The number of carbonyl (C=O) groups is 1. The second kappa shape index (κ2) is 7.46. The third-order valence-electron chi connectivity index (χ3n) is 5.35. The molecular weight excluding hydrogens is 355 g/mol. The second-order valence-electron chi connectivity index (χ2n) is 7.26. The molecule has 3 aliphatic rings. The first-order chi connectivity index (χ1) is 13.0. The Labute approximate surface area is 162 Å². The molecule has 0 aromatic heterocycles. The quantitative estimate of drug-likeness (QED) is 0.746. The van der Waals surface area contributed by atoms with Gasteiger partial charge >= 0.3 is 0 Å². The molecule has 0 saturated heterocycles. The van der Waals surface area contributed by atoms with Crippen LogP contribution in [0.25, 0.3) is 5.31 Å². The Bertz CT molecular complexity index is 898. The van der Waals surface area contributed by atoms with Gasteiger partial charge in [-0.1, -0.05) is 32.9 Å². The highest BCUT2D eigenvalue weighted by Gasteiger charge is 2.29. The molecule has 3 heterocycles. The summed E-state index contributed by atoms with van der Waals surface area (Å²) in [5.41, 5.74) is 4.72. The van der Waals surface area contributed by atoms with E-state index in [1.54, 1.807) is 13.2 Å². The van der Waals surface area contributed by atoms with Gasteiger partial charge in [-0.3, -0.25) is 4.79 Å². The minimum Gasteiger partial charge on any atom is -0.496 e. The van der Waals surface area contributed by atoms with Crippen LogP contribution in [0.3, 0.4) is 0 Å². The molecule has 1 amide bonds. The summed E-state index contributed by atoms with van der Waals surface area (Å²) in [5.74, 6) is 1.07. The van der Waals surface area contributed by atoms with Gasteiger partial charge in [0.2, 0.25) is 0 Å². The first-order valence-corrected chi connectivity index (χ1v) is 10.4. The Kier molecular flexibility index (Phi) is 5.03. The average Bonchev–Trinajstić information content (AvgIpc) is 2.68. The predicted octanol–water partition coefficient (Wildman–Crippen LogP) is 3.91. The van der Waals surface area contributed by atoms with Gasteiger partial charge in [0.1, 0.15) is 5.75 Å². The van der Waals surface area contributed by atoms with E-state index in [1.165, 1.54) is 11.1 Å². The van der Waals surface area contributed by atoms with E-state index < -0.39 is 0 Å². The number of methoxy groups -OCH3 is 1. The van der Waals surface area contributed by atoms with E-state index in [0.717, 1.165) is 41.7 Å². The van der Waals surface area contributed by atoms with Crippen LogP contribution < -0.4 is 4.74 Å². The number of likely N-dealkylation sites (N-methyl/N-ethyl adjacent to an activating group) is 1. The summed E-state index contributed by atoms with van der Waals surface area (Å²) in [6.07, 6.45) is 11.5. The van der Waals surface area contributed by atoms with Crippen LogP contribution in [0.1, 0.15) is 17.5 Å². The van der Waals surface area contributed by atoms with E-state index in [1.807, 2.05) is 30.2 Å². The molecule has 2 unspecified atom stereocenters. The van der Waals surface area contributed by atoms with Crippen LogP contribution in [-0.2, 0) is 4.79 Å². The van der Waals surface area contributed by atoms with E-state index in [0.29, 0.717) is 8.58 Å². The maximum atomic E-state index is 12.8. The van der Waals surface area contributed by atoms with Crippen molar-refractivity contribution in [3.63, 3.8) is 0 Å². The van der Waals surface area contributed by atoms with Gasteiger partial charge in [0.05, 0.1) is 12.9 Å². The van der Waals surface area contributed by atoms with Crippen molar-refractivity contribution in [1.82, 2.24) is 9.80 Å². The van der Waals surface area contributed by atoms with Gasteiger partial charge in [0.25, 0.3) is 5.91 Å². The van der Waals surface area contributed by atoms with Crippen molar-refractivity contribution in [3.8, 4) is 5.75 Å². The minimum atomic E-state index is 0.0672. The fourth-order valence-corrected chi connectivity index (χ4v) is 5.09. The Morgan fingerprint density at radius 3 is 2.85 bits per heavy atom. The number of aryl methyl sites for hydroxylation is 1. The zero-order valence-electron chi connectivity index (χ0n) is 16.0. The predicted molar refractivity (Wildman–Crippen MR) is 112 cm³/mol. The minimum absolute atomic E-state index is 0.0672. The van der Waals surface area contributed by atoms with Gasteiger partial charge < -0.3 is 14.5 Å². The number of allylic oxidation sites excluding steroid dienone is 2. The van der Waals surface area contributed by atoms with Crippen molar-refractivity contribution in [2.24, 2.45) is 0 Å². The van der Waals surface area contributed by atoms with Crippen molar-refractivity contribution in [2.45, 2.75) is 19.1 Å². The maximum Gasteiger partial charge on any atom is 0.252 e. The number of hydrogen-bond acceptors (Lipinski definition) is 3. The monoisotopic (exact) mass is 380 g/mol. The summed E-state index contributed by atoms with van der Waals surface area (Å²) in [5, 5.41) is 1.12. The van der Waals surface area contributed by atoms with Crippen LogP contribution in [0.5, 0.6) is 5.75 Å². The lowest BCUT2D eigenvalue weighted by Gasteiger charge is -2.35. The van der Waals surface area contributed by atoms with E-state index in [4.69, 9.17) is 4.74 Å². The molecule has 4 nitrogen and oxygen atoms in total. The molecule has 2 atom stereocenters. The Morgan fingerprint density at radius 2 is 2.15 bits per heavy atom. The van der Waals surface area contributed by atoms with Crippen LogP contribution in [-0.4, -0.2) is 48.7 Å². The number of ether oxygens (including phenoxy) is 1. The molecule has 1 aromatic rings. The summed E-state index contributed by atoms with van der Waals surface area (Å²) in [4.78, 5) is 17.0. The van der Waals surface area contributed by atoms with E-state index in [9.17, 15) is 4.79 Å². The van der Waals surface area contributed by atoms with Crippen LogP contribution in [0.15, 0.2) is 59.8 Å². The highest BCUT2D eigenvalue weighted by Crippen LogP contribution is 2.45. The normalized spacial score (nSPS) is 23.7. The second-order valence-corrected chi connectivity index (χ2v) is 8.68. The van der Waals surface area contributed by atoms with Gasteiger partial charge in [-0.15, -0.1) is 0 Å². The summed E-state index contributed by atoms with van der Waals surface area (Å²) in [7, 11) is 4.36. The number of benzene rings is 1. The molecule has 4 rings (SSSR count). The zero-order valence-corrected chi connectivity index (χ0v) is 17.0. The maximum absolute atomic E-state index is 12.8. The zero-order chi connectivity index (χ0) is 19.0. The fraction of sp³-hybridized carbons (Fsp3) is 0.318. The number of amides is 1. The van der Waals surface area contributed by atoms with Gasteiger partial charge in [-0.25, -0.2) is 0 Å². The number of fused-ring (bicyclic) bond motifs is 1. The SMILES string of the molecule is COc1ccc(C2=CC(=O)N3C=C(C4=CCN(C)CC4)C=CC3P2)cc1C. The van der Waals surface area contributed by atoms with Crippen molar-refractivity contribution in [2.75, 3.05) is 27.2 Å². The largest absolute Gasteiger partial charge is 0.496 e. The topological polar surface area (TPSA) is 32.8 Å². The molecule has 0 aliphatic carbocycles. The first kappa shape index (κ1) is 18.2. The highest BCUT2D eigenvalue weighted by atomic mass is 31.1. The Balaban J connectivity index is 1.58. The van der Waals surface area contributed by atoms with Crippen LogP contribution >= 0.6 is 8.58 Å². The molecule has 5 heteroatoms. The van der Waals surface area contributed by atoms with Crippen molar-refractivity contribution in [1.29, 1.82) is 0 Å². The smallest absolute Gasteiger partial charge is 0.252 e. The lowest BCUT2D eigenvalue weighted by atomic mass is 9.98. The first-order valence-electron chi connectivity index (χ1n) is 9.28.